The van der Waals surface area contributed by atoms with Gasteiger partial charge in [-0.1, -0.05) is 18.2 Å². The molecule has 0 bridgehead atoms. The lowest BCUT2D eigenvalue weighted by Crippen LogP contribution is -2.08. The van der Waals surface area contributed by atoms with Gasteiger partial charge < -0.3 is 4.57 Å². The summed E-state index contributed by atoms with van der Waals surface area (Å²) in [6.07, 6.45) is 7.65. The maximum atomic E-state index is 4.59. The Morgan fingerprint density at radius 2 is 1.76 bits per heavy atom. The van der Waals surface area contributed by atoms with Crippen molar-refractivity contribution in [3.63, 3.8) is 0 Å². The minimum Gasteiger partial charge on any atom is -0.314 e. The van der Waals surface area contributed by atoms with Gasteiger partial charge in [0.05, 0.1) is 11.0 Å². The van der Waals surface area contributed by atoms with Crippen molar-refractivity contribution in [1.29, 1.82) is 0 Å². The van der Waals surface area contributed by atoms with Crippen LogP contribution >= 0.6 is 0 Å². The molecule has 21 heavy (non-hydrogen) atoms. The molecule has 0 N–H and O–H groups in total. The second-order valence-corrected chi connectivity index (χ2v) is 5.47. The fourth-order valence-electron chi connectivity index (χ4n) is 2.91. The molecule has 0 amide bonds. The van der Waals surface area contributed by atoms with Gasteiger partial charge in [-0.3, -0.25) is 9.55 Å². The average Bonchev–Trinajstić information content (AvgIpc) is 3.09. The SMILES string of the molecule is CC(C)n1ccnc1-n1c2ccccc2c2cnccc21. The molecule has 4 heteroatoms. The minimum atomic E-state index is 0.362. The number of rotatable bonds is 2. The van der Waals surface area contributed by atoms with Crippen LogP contribution in [-0.4, -0.2) is 19.1 Å². The molecule has 104 valence electrons. The molecule has 1 aromatic carbocycles. The number of hydrogen-bond donors (Lipinski definition) is 0. The Hall–Kier alpha value is -2.62. The molecule has 0 saturated heterocycles. The van der Waals surface area contributed by atoms with Gasteiger partial charge in [0, 0.05) is 41.6 Å². The van der Waals surface area contributed by atoms with Gasteiger partial charge in [-0.2, -0.15) is 0 Å². The zero-order valence-electron chi connectivity index (χ0n) is 12.1. The monoisotopic (exact) mass is 276 g/mol. The number of benzene rings is 1. The van der Waals surface area contributed by atoms with Crippen LogP contribution < -0.4 is 0 Å². The lowest BCUT2D eigenvalue weighted by Gasteiger charge is -2.13. The Balaban J connectivity index is 2.18. The maximum absolute atomic E-state index is 4.59. The van der Waals surface area contributed by atoms with E-state index in [0.717, 1.165) is 22.4 Å². The highest BCUT2D eigenvalue weighted by molar-refractivity contribution is 6.08. The molecule has 0 aliphatic carbocycles. The van der Waals surface area contributed by atoms with Gasteiger partial charge in [-0.15, -0.1) is 0 Å². The molecule has 0 spiro atoms. The molecule has 0 unspecified atom stereocenters. The summed E-state index contributed by atoms with van der Waals surface area (Å²) in [4.78, 5) is 8.86. The Morgan fingerprint density at radius 1 is 0.952 bits per heavy atom. The Kier molecular flexibility index (Phi) is 2.57. The maximum Gasteiger partial charge on any atom is 0.215 e. The van der Waals surface area contributed by atoms with Gasteiger partial charge in [-0.25, -0.2) is 4.98 Å². The largest absolute Gasteiger partial charge is 0.314 e. The van der Waals surface area contributed by atoms with Crippen molar-refractivity contribution in [3.05, 3.63) is 55.1 Å². The number of pyridine rings is 1. The van der Waals surface area contributed by atoms with Crippen LogP contribution in [0.1, 0.15) is 19.9 Å². The van der Waals surface area contributed by atoms with E-state index in [0.29, 0.717) is 6.04 Å². The average molecular weight is 276 g/mol. The quantitative estimate of drug-likeness (QED) is 0.555. The van der Waals surface area contributed by atoms with Crippen LogP contribution in [0.5, 0.6) is 0 Å². The smallest absolute Gasteiger partial charge is 0.215 e. The van der Waals surface area contributed by atoms with E-state index in [2.05, 4.69) is 63.3 Å². The molecule has 0 aliphatic heterocycles. The van der Waals surface area contributed by atoms with E-state index in [-0.39, 0.29) is 0 Å². The van der Waals surface area contributed by atoms with Crippen molar-refractivity contribution < 1.29 is 0 Å². The summed E-state index contributed by atoms with van der Waals surface area (Å²) in [5, 5.41) is 2.37. The lowest BCUT2D eigenvalue weighted by molar-refractivity contribution is 0.588. The third-order valence-corrected chi connectivity index (χ3v) is 3.88. The van der Waals surface area contributed by atoms with Crippen molar-refractivity contribution in [2.45, 2.75) is 19.9 Å². The molecular weight excluding hydrogens is 260 g/mol. The third-order valence-electron chi connectivity index (χ3n) is 3.88. The van der Waals surface area contributed by atoms with Crippen LogP contribution in [0.2, 0.25) is 0 Å². The topological polar surface area (TPSA) is 35.6 Å². The van der Waals surface area contributed by atoms with Crippen molar-refractivity contribution in [3.8, 4) is 5.95 Å². The molecular formula is C17H16N4. The third kappa shape index (κ3) is 1.69. The van der Waals surface area contributed by atoms with Crippen LogP contribution in [0.25, 0.3) is 27.8 Å². The Bertz CT molecular complexity index is 877. The lowest BCUT2D eigenvalue weighted by atomic mass is 10.2. The second kappa shape index (κ2) is 4.45. The second-order valence-electron chi connectivity index (χ2n) is 5.47. The molecule has 3 aromatic heterocycles. The fourth-order valence-corrected chi connectivity index (χ4v) is 2.91. The van der Waals surface area contributed by atoms with Gasteiger partial charge in [0.25, 0.3) is 0 Å². The molecule has 4 nitrogen and oxygen atoms in total. The zero-order chi connectivity index (χ0) is 14.4. The van der Waals surface area contributed by atoms with Crippen molar-refractivity contribution in [1.82, 2.24) is 19.1 Å². The number of nitrogens with zero attached hydrogens (tertiary/aromatic N) is 4. The summed E-state index contributed by atoms with van der Waals surface area (Å²) in [6, 6.07) is 10.8. The molecule has 0 fully saturated rings. The van der Waals surface area contributed by atoms with Gasteiger partial charge in [0.15, 0.2) is 0 Å². The number of hydrogen-bond acceptors (Lipinski definition) is 2. The molecule has 0 radical (unpaired) electrons. The standard InChI is InChI=1S/C17H16N4/c1-12(2)20-10-9-19-17(20)21-15-6-4-3-5-13(15)14-11-18-8-7-16(14)21/h3-12H,1-2H3. The van der Waals surface area contributed by atoms with Crippen molar-refractivity contribution in [2.75, 3.05) is 0 Å². The van der Waals surface area contributed by atoms with Crippen molar-refractivity contribution >= 4 is 21.8 Å². The summed E-state index contributed by atoms with van der Waals surface area (Å²) in [5.41, 5.74) is 2.30. The Morgan fingerprint density at radius 3 is 2.62 bits per heavy atom. The van der Waals surface area contributed by atoms with Gasteiger partial charge in [0.1, 0.15) is 0 Å². The van der Waals surface area contributed by atoms with E-state index in [1.165, 1.54) is 5.39 Å². The first-order chi connectivity index (χ1) is 10.3. The summed E-state index contributed by atoms with van der Waals surface area (Å²) in [7, 11) is 0. The summed E-state index contributed by atoms with van der Waals surface area (Å²) >= 11 is 0. The van der Waals surface area contributed by atoms with Gasteiger partial charge >= 0.3 is 0 Å². The van der Waals surface area contributed by atoms with E-state index in [1.807, 2.05) is 24.8 Å². The highest BCUT2D eigenvalue weighted by Gasteiger charge is 2.16. The molecule has 0 atom stereocenters. The van der Waals surface area contributed by atoms with Crippen LogP contribution in [0.15, 0.2) is 55.1 Å². The first-order valence-corrected chi connectivity index (χ1v) is 7.14. The Labute approximate surface area is 122 Å². The summed E-state index contributed by atoms with van der Waals surface area (Å²) in [6.45, 7) is 4.33. The predicted molar refractivity (Wildman–Crippen MR) is 84.7 cm³/mol. The highest BCUT2D eigenvalue weighted by atomic mass is 15.2. The molecule has 4 aromatic rings. The molecule has 3 heterocycles. The van der Waals surface area contributed by atoms with Crippen LogP contribution in [-0.2, 0) is 0 Å². The van der Waals surface area contributed by atoms with E-state index >= 15 is 0 Å². The van der Waals surface area contributed by atoms with Crippen LogP contribution in [0.4, 0.5) is 0 Å². The van der Waals surface area contributed by atoms with Gasteiger partial charge in [-0.05, 0) is 26.0 Å². The van der Waals surface area contributed by atoms with Crippen LogP contribution in [0.3, 0.4) is 0 Å². The zero-order valence-corrected chi connectivity index (χ0v) is 12.1. The molecule has 4 rings (SSSR count). The molecule has 0 aliphatic rings. The number of aromatic nitrogens is 4. The van der Waals surface area contributed by atoms with E-state index < -0.39 is 0 Å². The summed E-state index contributed by atoms with van der Waals surface area (Å²) in [5.74, 6) is 0.947. The number of imidazole rings is 1. The predicted octanol–water partition coefficient (Wildman–Crippen LogP) is 3.96. The minimum absolute atomic E-state index is 0.362. The van der Waals surface area contributed by atoms with Gasteiger partial charge in [0.2, 0.25) is 5.95 Å². The number of para-hydroxylation sites is 1. The molecule has 0 saturated carbocycles. The van der Waals surface area contributed by atoms with Crippen molar-refractivity contribution in [2.24, 2.45) is 0 Å². The first-order valence-electron chi connectivity index (χ1n) is 7.14. The first kappa shape index (κ1) is 12.1. The highest BCUT2D eigenvalue weighted by Crippen LogP contribution is 2.31. The normalized spacial score (nSPS) is 11.8. The van der Waals surface area contributed by atoms with E-state index in [4.69, 9.17) is 0 Å². The van der Waals surface area contributed by atoms with E-state index in [9.17, 15) is 0 Å². The van der Waals surface area contributed by atoms with Crippen LogP contribution in [0, 0.1) is 0 Å². The summed E-state index contributed by atoms with van der Waals surface area (Å²) < 4.78 is 4.40. The fraction of sp³-hybridized carbons (Fsp3) is 0.176. The number of fused-ring (bicyclic) bond motifs is 3. The van der Waals surface area contributed by atoms with E-state index in [1.54, 1.807) is 0 Å².